The molecule has 0 rings (SSSR count). The van der Waals surface area contributed by atoms with E-state index in [2.05, 4.69) is 39.9 Å². The van der Waals surface area contributed by atoms with Crippen LogP contribution in [0.4, 0.5) is 0 Å². The van der Waals surface area contributed by atoms with Crippen molar-refractivity contribution in [1.29, 1.82) is 0 Å². The Hall–Kier alpha value is -0.0400. The molecule has 0 aromatic rings. The molecule has 0 spiro atoms. The van der Waals surface area contributed by atoms with E-state index in [9.17, 15) is 0 Å². The Bertz CT molecular complexity index is 112. The molecule has 0 bridgehead atoms. The fourth-order valence-electron chi connectivity index (χ4n) is 1.87. The van der Waals surface area contributed by atoms with Gasteiger partial charge in [-0.25, -0.2) is 0 Å². The molecular formula is C12H27N. The van der Waals surface area contributed by atoms with Gasteiger partial charge in [-0.05, 0) is 30.8 Å². The number of rotatable bonds is 7. The third-order valence-corrected chi connectivity index (χ3v) is 3.47. The van der Waals surface area contributed by atoms with Crippen molar-refractivity contribution in [2.24, 2.45) is 17.8 Å². The molecule has 0 amide bonds. The van der Waals surface area contributed by atoms with E-state index in [1.54, 1.807) is 0 Å². The van der Waals surface area contributed by atoms with Crippen molar-refractivity contribution >= 4 is 0 Å². The van der Waals surface area contributed by atoms with Crippen LogP contribution in [0.1, 0.15) is 47.5 Å². The molecule has 0 aliphatic heterocycles. The number of hydrogen-bond donors (Lipinski definition) is 1. The van der Waals surface area contributed by atoms with Gasteiger partial charge in [0.25, 0.3) is 0 Å². The van der Waals surface area contributed by atoms with Gasteiger partial charge < -0.3 is 5.32 Å². The highest BCUT2D eigenvalue weighted by molar-refractivity contribution is 4.71. The zero-order valence-corrected chi connectivity index (χ0v) is 10.1. The van der Waals surface area contributed by atoms with Gasteiger partial charge in [-0.2, -0.15) is 0 Å². The second-order valence-corrected chi connectivity index (χ2v) is 4.22. The summed E-state index contributed by atoms with van der Waals surface area (Å²) < 4.78 is 0. The molecule has 0 heterocycles. The van der Waals surface area contributed by atoms with Crippen LogP contribution in [-0.4, -0.2) is 13.1 Å². The lowest BCUT2D eigenvalue weighted by Crippen LogP contribution is -2.29. The summed E-state index contributed by atoms with van der Waals surface area (Å²) in [6.07, 6.45) is 2.61. The molecule has 0 aliphatic rings. The summed E-state index contributed by atoms with van der Waals surface area (Å²) in [5, 5.41) is 3.46. The molecule has 0 aliphatic carbocycles. The molecule has 1 nitrogen and oxygen atoms in total. The van der Waals surface area contributed by atoms with Gasteiger partial charge in [0.05, 0.1) is 0 Å². The molecule has 1 heteroatoms. The summed E-state index contributed by atoms with van der Waals surface area (Å²) in [5.74, 6) is 2.58. The van der Waals surface area contributed by atoms with Crippen LogP contribution in [0.15, 0.2) is 0 Å². The van der Waals surface area contributed by atoms with Gasteiger partial charge in [0.15, 0.2) is 0 Å². The summed E-state index contributed by atoms with van der Waals surface area (Å²) in [6.45, 7) is 13.9. The molecule has 0 fully saturated rings. The van der Waals surface area contributed by atoms with Crippen molar-refractivity contribution in [2.45, 2.75) is 47.5 Å². The fraction of sp³-hybridized carbons (Fsp3) is 1.00. The third-order valence-electron chi connectivity index (χ3n) is 3.47. The predicted octanol–water partition coefficient (Wildman–Crippen LogP) is 3.30. The van der Waals surface area contributed by atoms with Gasteiger partial charge in [0.1, 0.15) is 0 Å². The Balaban J connectivity index is 3.90. The molecular weight excluding hydrogens is 158 g/mol. The molecule has 13 heavy (non-hydrogen) atoms. The number of nitrogens with one attached hydrogen (secondary N) is 1. The topological polar surface area (TPSA) is 12.0 Å². The van der Waals surface area contributed by atoms with Crippen LogP contribution in [0.5, 0.6) is 0 Å². The number of hydrogen-bond acceptors (Lipinski definition) is 1. The molecule has 0 unspecified atom stereocenters. The Morgan fingerprint density at radius 3 is 2.00 bits per heavy atom. The van der Waals surface area contributed by atoms with Crippen LogP contribution in [0, 0.1) is 17.8 Å². The summed E-state index contributed by atoms with van der Waals surface area (Å²) in [4.78, 5) is 0. The van der Waals surface area contributed by atoms with Gasteiger partial charge >= 0.3 is 0 Å². The van der Waals surface area contributed by atoms with E-state index in [-0.39, 0.29) is 0 Å². The van der Waals surface area contributed by atoms with Gasteiger partial charge in [-0.15, -0.1) is 0 Å². The molecule has 0 saturated carbocycles. The van der Waals surface area contributed by atoms with E-state index in [0.29, 0.717) is 0 Å². The molecule has 0 saturated heterocycles. The highest BCUT2D eigenvalue weighted by Crippen LogP contribution is 2.24. The Labute approximate surface area is 84.3 Å². The molecule has 80 valence electrons. The standard InChI is InChI=1S/C12H27N/c1-6-10(4)11(5)12(7-2)9-13-8-3/h10-13H,6-9H2,1-5H3/t10-,11-,12-/m0/s1. The maximum atomic E-state index is 3.46. The summed E-state index contributed by atoms with van der Waals surface area (Å²) >= 11 is 0. The minimum Gasteiger partial charge on any atom is -0.317 e. The van der Waals surface area contributed by atoms with Gasteiger partial charge in [-0.1, -0.05) is 47.5 Å². The summed E-state index contributed by atoms with van der Waals surface area (Å²) in [7, 11) is 0. The zero-order chi connectivity index (χ0) is 10.3. The zero-order valence-electron chi connectivity index (χ0n) is 10.1. The lowest BCUT2D eigenvalue weighted by molar-refractivity contribution is 0.243. The van der Waals surface area contributed by atoms with E-state index in [4.69, 9.17) is 0 Å². The molecule has 0 aromatic carbocycles. The van der Waals surface area contributed by atoms with Gasteiger partial charge in [0, 0.05) is 0 Å². The van der Waals surface area contributed by atoms with Gasteiger partial charge in [-0.3, -0.25) is 0 Å². The predicted molar refractivity (Wildman–Crippen MR) is 60.9 cm³/mol. The first-order valence-corrected chi connectivity index (χ1v) is 5.87. The van der Waals surface area contributed by atoms with Crippen molar-refractivity contribution < 1.29 is 0 Å². The fourth-order valence-corrected chi connectivity index (χ4v) is 1.87. The molecule has 3 atom stereocenters. The van der Waals surface area contributed by atoms with Crippen molar-refractivity contribution in [3.63, 3.8) is 0 Å². The van der Waals surface area contributed by atoms with Crippen LogP contribution in [-0.2, 0) is 0 Å². The largest absolute Gasteiger partial charge is 0.317 e. The van der Waals surface area contributed by atoms with E-state index in [1.807, 2.05) is 0 Å². The first-order chi connectivity index (χ1) is 6.17. The van der Waals surface area contributed by atoms with Crippen LogP contribution in [0.3, 0.4) is 0 Å². The van der Waals surface area contributed by atoms with Crippen molar-refractivity contribution in [1.82, 2.24) is 5.32 Å². The third kappa shape index (κ3) is 4.66. The minimum atomic E-state index is 0.856. The monoisotopic (exact) mass is 185 g/mol. The Morgan fingerprint density at radius 1 is 1.00 bits per heavy atom. The summed E-state index contributed by atoms with van der Waals surface area (Å²) in [6, 6.07) is 0. The summed E-state index contributed by atoms with van der Waals surface area (Å²) in [5.41, 5.74) is 0. The van der Waals surface area contributed by atoms with Crippen molar-refractivity contribution in [3.8, 4) is 0 Å². The molecule has 1 N–H and O–H groups in total. The first kappa shape index (κ1) is 13.0. The quantitative estimate of drug-likeness (QED) is 0.641. The molecule has 0 aromatic heterocycles. The maximum absolute atomic E-state index is 3.46. The first-order valence-electron chi connectivity index (χ1n) is 5.87. The van der Waals surface area contributed by atoms with Crippen LogP contribution in [0.2, 0.25) is 0 Å². The van der Waals surface area contributed by atoms with Gasteiger partial charge in [0.2, 0.25) is 0 Å². The average Bonchev–Trinajstić information content (AvgIpc) is 2.17. The highest BCUT2D eigenvalue weighted by Gasteiger charge is 2.19. The average molecular weight is 185 g/mol. The van der Waals surface area contributed by atoms with E-state index in [1.165, 1.54) is 19.4 Å². The normalized spacial score (nSPS) is 18.2. The SMILES string of the molecule is CCNC[C@H](CC)[C@@H](C)[C@@H](C)CC. The molecule has 0 radical (unpaired) electrons. The lowest BCUT2D eigenvalue weighted by Gasteiger charge is -2.27. The maximum Gasteiger partial charge on any atom is -0.00181 e. The van der Waals surface area contributed by atoms with Crippen LogP contribution >= 0.6 is 0 Å². The van der Waals surface area contributed by atoms with Crippen molar-refractivity contribution in [2.75, 3.05) is 13.1 Å². The van der Waals surface area contributed by atoms with Crippen LogP contribution < -0.4 is 5.32 Å². The van der Waals surface area contributed by atoms with E-state index < -0.39 is 0 Å². The Kier molecular flexibility index (Phi) is 7.35. The van der Waals surface area contributed by atoms with Crippen LogP contribution in [0.25, 0.3) is 0 Å². The minimum absolute atomic E-state index is 0.856. The highest BCUT2D eigenvalue weighted by atomic mass is 14.8. The lowest BCUT2D eigenvalue weighted by atomic mass is 9.81. The van der Waals surface area contributed by atoms with Crippen molar-refractivity contribution in [3.05, 3.63) is 0 Å². The smallest absolute Gasteiger partial charge is 0.00181 e. The second kappa shape index (κ2) is 7.37. The van der Waals surface area contributed by atoms with E-state index in [0.717, 1.165) is 24.3 Å². The van der Waals surface area contributed by atoms with E-state index >= 15 is 0 Å². The Morgan fingerprint density at radius 2 is 1.62 bits per heavy atom. The second-order valence-electron chi connectivity index (χ2n) is 4.22.